The van der Waals surface area contributed by atoms with Gasteiger partial charge in [-0.25, -0.2) is 4.98 Å². The first-order chi connectivity index (χ1) is 10.9. The summed E-state index contributed by atoms with van der Waals surface area (Å²) in [6.45, 7) is 2.44. The smallest absolute Gasteiger partial charge is 0.225 e. The number of likely N-dealkylation sites (tertiary alicyclic amines) is 1. The summed E-state index contributed by atoms with van der Waals surface area (Å²) in [6.07, 6.45) is 4.05. The maximum atomic E-state index is 12.3. The van der Waals surface area contributed by atoms with Crippen LogP contribution in [0.15, 0.2) is 11.4 Å². The number of amides is 2. The fraction of sp³-hybridized carbons (Fsp3) is 0.667. The number of hydrogen-bond donors (Lipinski definition) is 1. The Morgan fingerprint density at radius 1 is 1.52 bits per heavy atom. The van der Waals surface area contributed by atoms with Crippen LogP contribution in [0.5, 0.6) is 0 Å². The van der Waals surface area contributed by atoms with E-state index in [1.54, 1.807) is 22.9 Å². The first kappa shape index (κ1) is 17.8. The molecule has 8 heteroatoms. The molecule has 0 saturated carbocycles. The van der Waals surface area contributed by atoms with Crippen molar-refractivity contribution in [3.63, 3.8) is 0 Å². The molecule has 0 spiro atoms. The van der Waals surface area contributed by atoms with Crippen molar-refractivity contribution in [3.8, 4) is 0 Å². The van der Waals surface area contributed by atoms with E-state index in [0.29, 0.717) is 26.1 Å². The molecule has 0 radical (unpaired) electrons. The van der Waals surface area contributed by atoms with Gasteiger partial charge in [0.05, 0.1) is 24.4 Å². The number of nitrogens with one attached hydrogen (secondary N) is 1. The highest BCUT2D eigenvalue weighted by molar-refractivity contribution is 7.98. The standard InChI is InChI=1S/C15H25N5O2S/c1-18(2)5-6-20-10-11(7-13(20)21)14(22)16-8-12-9-17-15(23-4)19(12)3/h9,11H,5-8,10H2,1-4H3,(H,16,22)/t11-/m1/s1. The van der Waals surface area contributed by atoms with Crippen LogP contribution < -0.4 is 5.32 Å². The van der Waals surface area contributed by atoms with Crippen LogP contribution in [0.4, 0.5) is 0 Å². The second-order valence-corrected chi connectivity index (χ2v) is 6.83. The molecule has 1 aliphatic heterocycles. The van der Waals surface area contributed by atoms with Gasteiger partial charge >= 0.3 is 0 Å². The SMILES string of the molecule is CSc1ncc(CNC(=O)[C@@H]2CC(=O)N(CCN(C)C)C2)n1C. The Kier molecular flexibility index (Phi) is 6.06. The van der Waals surface area contributed by atoms with Crippen molar-refractivity contribution >= 4 is 23.6 Å². The summed E-state index contributed by atoms with van der Waals surface area (Å²) in [4.78, 5) is 32.4. The van der Waals surface area contributed by atoms with Gasteiger partial charge < -0.3 is 19.7 Å². The van der Waals surface area contributed by atoms with E-state index >= 15 is 0 Å². The summed E-state index contributed by atoms with van der Waals surface area (Å²) in [5.74, 6) is -0.243. The van der Waals surface area contributed by atoms with E-state index in [9.17, 15) is 9.59 Å². The Bertz CT molecular complexity index is 572. The highest BCUT2D eigenvalue weighted by atomic mass is 32.2. The lowest BCUT2D eigenvalue weighted by atomic mass is 10.1. The molecule has 2 rings (SSSR count). The molecule has 1 atom stereocenters. The molecule has 0 aromatic carbocycles. The van der Waals surface area contributed by atoms with Crippen LogP contribution in [0, 0.1) is 5.92 Å². The molecule has 0 bridgehead atoms. The van der Waals surface area contributed by atoms with Crippen molar-refractivity contribution in [3.05, 3.63) is 11.9 Å². The monoisotopic (exact) mass is 339 g/mol. The van der Waals surface area contributed by atoms with Gasteiger partial charge in [-0.15, -0.1) is 0 Å². The van der Waals surface area contributed by atoms with Gasteiger partial charge in [0, 0.05) is 33.1 Å². The molecule has 128 valence electrons. The molecule has 1 aromatic heterocycles. The van der Waals surface area contributed by atoms with Gasteiger partial charge in [-0.2, -0.15) is 0 Å². The van der Waals surface area contributed by atoms with Crippen LogP contribution in [0.3, 0.4) is 0 Å². The summed E-state index contributed by atoms with van der Waals surface area (Å²) in [5.41, 5.74) is 0.955. The normalized spacial score (nSPS) is 18.0. The maximum Gasteiger partial charge on any atom is 0.225 e. The summed E-state index contributed by atoms with van der Waals surface area (Å²) in [6, 6.07) is 0. The lowest BCUT2D eigenvalue weighted by Gasteiger charge is -2.19. The first-order valence-electron chi connectivity index (χ1n) is 7.67. The van der Waals surface area contributed by atoms with E-state index in [2.05, 4.69) is 10.3 Å². The first-order valence-corrected chi connectivity index (χ1v) is 8.89. The van der Waals surface area contributed by atoms with Gasteiger partial charge in [-0.05, 0) is 20.4 Å². The zero-order valence-corrected chi connectivity index (χ0v) is 15.0. The fourth-order valence-corrected chi connectivity index (χ4v) is 3.14. The van der Waals surface area contributed by atoms with Crippen LogP contribution in [0.1, 0.15) is 12.1 Å². The number of likely N-dealkylation sites (N-methyl/N-ethyl adjacent to an activating group) is 1. The number of carbonyl (C=O) groups is 2. The molecule has 7 nitrogen and oxygen atoms in total. The van der Waals surface area contributed by atoms with Crippen LogP contribution in [-0.2, 0) is 23.2 Å². The molecule has 0 aliphatic carbocycles. The third-order valence-corrected chi connectivity index (χ3v) is 4.81. The Morgan fingerprint density at radius 2 is 2.26 bits per heavy atom. The molecule has 2 amide bonds. The van der Waals surface area contributed by atoms with Crippen LogP contribution in [0.25, 0.3) is 0 Å². The highest BCUT2D eigenvalue weighted by Gasteiger charge is 2.33. The minimum Gasteiger partial charge on any atom is -0.350 e. The van der Waals surface area contributed by atoms with Gasteiger partial charge in [0.2, 0.25) is 11.8 Å². The van der Waals surface area contributed by atoms with E-state index in [1.165, 1.54) is 0 Å². The largest absolute Gasteiger partial charge is 0.350 e. The third kappa shape index (κ3) is 4.48. The topological polar surface area (TPSA) is 70.5 Å². The molecule has 1 saturated heterocycles. The summed E-state index contributed by atoms with van der Waals surface area (Å²) in [7, 11) is 5.88. The number of thioether (sulfide) groups is 1. The Hall–Kier alpha value is -1.54. The maximum absolute atomic E-state index is 12.3. The summed E-state index contributed by atoms with van der Waals surface area (Å²) in [5, 5.41) is 3.84. The quantitative estimate of drug-likeness (QED) is 0.717. The van der Waals surface area contributed by atoms with Crippen molar-refractivity contribution < 1.29 is 9.59 Å². The fourth-order valence-electron chi connectivity index (χ4n) is 2.59. The Morgan fingerprint density at radius 3 is 2.87 bits per heavy atom. The molecule has 0 unspecified atom stereocenters. The minimum atomic E-state index is -0.252. The predicted molar refractivity (Wildman–Crippen MR) is 90.1 cm³/mol. The van der Waals surface area contributed by atoms with E-state index < -0.39 is 0 Å². The van der Waals surface area contributed by atoms with Crippen molar-refractivity contribution in [2.45, 2.75) is 18.1 Å². The van der Waals surface area contributed by atoms with Crippen LogP contribution >= 0.6 is 11.8 Å². The van der Waals surface area contributed by atoms with Crippen LogP contribution in [-0.4, -0.2) is 71.2 Å². The van der Waals surface area contributed by atoms with E-state index in [0.717, 1.165) is 17.4 Å². The third-order valence-electron chi connectivity index (χ3n) is 4.07. The average molecular weight is 339 g/mol. The average Bonchev–Trinajstić information content (AvgIpc) is 3.05. The number of carbonyl (C=O) groups excluding carboxylic acids is 2. The lowest BCUT2D eigenvalue weighted by Crippen LogP contribution is -2.35. The van der Waals surface area contributed by atoms with Gasteiger partial charge in [0.15, 0.2) is 5.16 Å². The summed E-state index contributed by atoms with van der Waals surface area (Å²) >= 11 is 1.57. The van der Waals surface area contributed by atoms with Crippen molar-refractivity contribution in [2.75, 3.05) is 40.0 Å². The lowest BCUT2D eigenvalue weighted by molar-refractivity contribution is -0.129. The highest BCUT2D eigenvalue weighted by Crippen LogP contribution is 2.18. The predicted octanol–water partition coefficient (Wildman–Crippen LogP) is 0.168. The Balaban J connectivity index is 1.84. The number of aromatic nitrogens is 2. The molecule has 2 heterocycles. The zero-order valence-electron chi connectivity index (χ0n) is 14.2. The van der Waals surface area contributed by atoms with Gasteiger partial charge in [0.25, 0.3) is 0 Å². The number of rotatable bonds is 7. The van der Waals surface area contributed by atoms with E-state index in [1.807, 2.05) is 36.9 Å². The Labute approximate surface area is 141 Å². The second-order valence-electron chi connectivity index (χ2n) is 6.06. The molecule has 1 aliphatic rings. The van der Waals surface area contributed by atoms with Crippen molar-refractivity contribution in [1.29, 1.82) is 0 Å². The van der Waals surface area contributed by atoms with Crippen molar-refractivity contribution in [1.82, 2.24) is 24.7 Å². The second kappa shape index (κ2) is 7.83. The number of hydrogen-bond acceptors (Lipinski definition) is 5. The molecule has 23 heavy (non-hydrogen) atoms. The van der Waals surface area contributed by atoms with Gasteiger partial charge in [0.1, 0.15) is 0 Å². The summed E-state index contributed by atoms with van der Waals surface area (Å²) < 4.78 is 1.97. The minimum absolute atomic E-state index is 0.0578. The van der Waals surface area contributed by atoms with Crippen LogP contribution in [0.2, 0.25) is 0 Å². The van der Waals surface area contributed by atoms with Crippen molar-refractivity contribution in [2.24, 2.45) is 13.0 Å². The van der Waals surface area contributed by atoms with Gasteiger partial charge in [-0.1, -0.05) is 11.8 Å². The van der Waals surface area contributed by atoms with E-state index in [4.69, 9.17) is 0 Å². The molecule has 1 N–H and O–H groups in total. The van der Waals surface area contributed by atoms with E-state index in [-0.39, 0.29) is 17.7 Å². The molecule has 1 fully saturated rings. The molecule has 1 aromatic rings. The molecular weight excluding hydrogens is 314 g/mol. The molecular formula is C15H25N5O2S. The number of nitrogens with zero attached hydrogens (tertiary/aromatic N) is 4. The zero-order chi connectivity index (χ0) is 17.0. The van der Waals surface area contributed by atoms with Gasteiger partial charge in [-0.3, -0.25) is 9.59 Å². The number of imidazole rings is 1.